The van der Waals surface area contributed by atoms with Crippen LogP contribution in [0.1, 0.15) is 5.56 Å². The first-order valence-corrected chi connectivity index (χ1v) is 11.6. The van der Waals surface area contributed by atoms with Crippen molar-refractivity contribution in [1.29, 1.82) is 0 Å². The summed E-state index contributed by atoms with van der Waals surface area (Å²) in [4.78, 5) is 0. The van der Waals surface area contributed by atoms with Crippen LogP contribution in [0.3, 0.4) is 0 Å². The van der Waals surface area contributed by atoms with Crippen LogP contribution in [0.4, 0.5) is 57.1 Å². The summed E-state index contributed by atoms with van der Waals surface area (Å²) in [6.45, 7) is 0. The van der Waals surface area contributed by atoms with Gasteiger partial charge in [-0.25, -0.2) is 0 Å². The maximum atomic E-state index is 14.8. The molecular weight excluding hydrogens is 566 g/mol. The van der Waals surface area contributed by atoms with Crippen LogP contribution >= 0.6 is 7.92 Å². The van der Waals surface area contributed by atoms with Gasteiger partial charge in [0.2, 0.25) is 0 Å². The highest BCUT2D eigenvalue weighted by Gasteiger charge is 2.90. The summed E-state index contributed by atoms with van der Waals surface area (Å²) < 4.78 is 177. The lowest BCUT2D eigenvalue weighted by molar-refractivity contribution is -0.441. The standard InChI is InChI=1S/C24H14F13P/c25-19(26,20(27,28)21(29,30)22(31,32)23(33,34)24(35,36)37)15-8-7-13-18(14-15)38(16-9-3-1-4-10-16)17-11-5-2-6-12-17/h1-14H. The minimum atomic E-state index is -7.94. The molecule has 3 rings (SSSR count). The highest BCUT2D eigenvalue weighted by molar-refractivity contribution is 7.79. The quantitative estimate of drug-likeness (QED) is 0.190. The van der Waals surface area contributed by atoms with Gasteiger partial charge in [-0.1, -0.05) is 78.9 Å². The van der Waals surface area contributed by atoms with Crippen molar-refractivity contribution >= 4 is 23.8 Å². The average molecular weight is 580 g/mol. The molecule has 0 saturated carbocycles. The lowest BCUT2D eigenvalue weighted by Crippen LogP contribution is -2.69. The van der Waals surface area contributed by atoms with Gasteiger partial charge in [-0.2, -0.15) is 57.1 Å². The molecule has 0 unspecified atom stereocenters. The van der Waals surface area contributed by atoms with E-state index < -0.39 is 49.3 Å². The van der Waals surface area contributed by atoms with Crippen molar-refractivity contribution < 1.29 is 57.1 Å². The van der Waals surface area contributed by atoms with Crippen molar-refractivity contribution in [1.82, 2.24) is 0 Å². The summed E-state index contributed by atoms with van der Waals surface area (Å²) in [5, 5.41) is 0.797. The first-order chi connectivity index (χ1) is 17.3. The van der Waals surface area contributed by atoms with Gasteiger partial charge in [0, 0.05) is 5.56 Å². The van der Waals surface area contributed by atoms with E-state index >= 15 is 0 Å². The van der Waals surface area contributed by atoms with Crippen molar-refractivity contribution in [3.63, 3.8) is 0 Å². The Balaban J connectivity index is 2.15. The molecule has 0 spiro atoms. The van der Waals surface area contributed by atoms with Gasteiger partial charge in [0.1, 0.15) is 0 Å². The molecule has 0 aliphatic heterocycles. The zero-order chi connectivity index (χ0) is 28.8. The van der Waals surface area contributed by atoms with Crippen LogP contribution in [0.2, 0.25) is 0 Å². The molecule has 0 N–H and O–H groups in total. The highest BCUT2D eigenvalue weighted by atomic mass is 31.1. The highest BCUT2D eigenvalue weighted by Crippen LogP contribution is 2.62. The van der Waals surface area contributed by atoms with Crippen LogP contribution in [0.25, 0.3) is 0 Å². The molecule has 0 aliphatic carbocycles. The van der Waals surface area contributed by atoms with E-state index in [1.807, 2.05) is 0 Å². The molecular formula is C24H14F13P. The van der Waals surface area contributed by atoms with E-state index in [-0.39, 0.29) is 11.4 Å². The molecule has 206 valence electrons. The summed E-state index contributed by atoms with van der Waals surface area (Å²) in [6.07, 6.45) is -7.45. The van der Waals surface area contributed by atoms with E-state index in [4.69, 9.17) is 0 Å². The molecule has 14 heteroatoms. The monoisotopic (exact) mass is 580 g/mol. The summed E-state index contributed by atoms with van der Waals surface area (Å²) in [6, 6.07) is 18.0. The summed E-state index contributed by atoms with van der Waals surface area (Å²) in [7, 11) is -1.81. The predicted molar refractivity (Wildman–Crippen MR) is 115 cm³/mol. The second-order valence-electron chi connectivity index (χ2n) is 7.93. The first-order valence-electron chi connectivity index (χ1n) is 10.3. The Kier molecular flexibility index (Phi) is 7.61. The van der Waals surface area contributed by atoms with Gasteiger partial charge in [-0.15, -0.1) is 0 Å². The Morgan fingerprint density at radius 3 is 1.21 bits per heavy atom. The first kappa shape index (κ1) is 29.7. The number of alkyl halides is 13. The zero-order valence-corrected chi connectivity index (χ0v) is 19.3. The Labute approximate surface area is 207 Å². The average Bonchev–Trinajstić information content (AvgIpc) is 2.84. The Morgan fingerprint density at radius 2 is 0.789 bits per heavy atom. The zero-order valence-electron chi connectivity index (χ0n) is 18.4. The lowest BCUT2D eigenvalue weighted by atomic mass is 9.90. The smallest absolute Gasteiger partial charge is 0.194 e. The van der Waals surface area contributed by atoms with E-state index in [1.165, 1.54) is 0 Å². The van der Waals surface area contributed by atoms with Crippen LogP contribution in [0.5, 0.6) is 0 Å². The van der Waals surface area contributed by atoms with E-state index in [0.29, 0.717) is 16.7 Å². The predicted octanol–water partition coefficient (Wildman–Crippen LogP) is 7.64. The fourth-order valence-corrected chi connectivity index (χ4v) is 5.73. The van der Waals surface area contributed by atoms with Crippen molar-refractivity contribution in [2.24, 2.45) is 0 Å². The van der Waals surface area contributed by atoms with Crippen LogP contribution in [0, 0.1) is 0 Å². The van der Waals surface area contributed by atoms with E-state index in [1.54, 1.807) is 60.7 Å². The molecule has 0 saturated heterocycles. The SMILES string of the molecule is FC(F)(F)C(F)(F)C(F)(F)C(F)(F)C(F)(F)C(F)(F)c1cccc(P(c2ccccc2)c2ccccc2)c1. The number of hydrogen-bond acceptors (Lipinski definition) is 0. The van der Waals surface area contributed by atoms with E-state index in [9.17, 15) is 57.1 Å². The molecule has 0 bridgehead atoms. The molecule has 3 aromatic rings. The van der Waals surface area contributed by atoms with Crippen LogP contribution in [-0.4, -0.2) is 29.9 Å². The molecule has 0 radical (unpaired) electrons. The molecule has 0 aliphatic rings. The molecule has 0 atom stereocenters. The van der Waals surface area contributed by atoms with Gasteiger partial charge in [-0.3, -0.25) is 0 Å². The lowest BCUT2D eigenvalue weighted by Gasteiger charge is -2.39. The third kappa shape index (κ3) is 4.63. The van der Waals surface area contributed by atoms with Crippen molar-refractivity contribution in [2.75, 3.05) is 0 Å². The van der Waals surface area contributed by atoms with Gasteiger partial charge in [0.25, 0.3) is 0 Å². The summed E-state index contributed by atoms with van der Waals surface area (Å²) in [5.74, 6) is -37.3. The molecule has 0 aromatic heterocycles. The fourth-order valence-electron chi connectivity index (χ4n) is 3.39. The van der Waals surface area contributed by atoms with Crippen LogP contribution in [0.15, 0.2) is 84.9 Å². The fraction of sp³-hybridized carbons (Fsp3) is 0.250. The largest absolute Gasteiger partial charge is 0.460 e. The molecule has 3 aromatic carbocycles. The number of rotatable bonds is 8. The minimum absolute atomic E-state index is 0.150. The Morgan fingerprint density at radius 1 is 0.395 bits per heavy atom. The summed E-state index contributed by atoms with van der Waals surface area (Å²) >= 11 is 0. The topological polar surface area (TPSA) is 0 Å². The van der Waals surface area contributed by atoms with E-state index in [2.05, 4.69) is 0 Å². The maximum Gasteiger partial charge on any atom is 0.460 e. The Hall–Kier alpha value is -2.82. The molecule has 0 heterocycles. The van der Waals surface area contributed by atoms with Gasteiger partial charge >= 0.3 is 35.8 Å². The van der Waals surface area contributed by atoms with Crippen molar-refractivity contribution in [3.8, 4) is 0 Å². The van der Waals surface area contributed by atoms with Crippen molar-refractivity contribution in [2.45, 2.75) is 35.8 Å². The second-order valence-corrected chi connectivity index (χ2v) is 10.1. The molecule has 0 fully saturated rings. The molecule has 0 nitrogen and oxygen atoms in total. The second kappa shape index (κ2) is 9.73. The molecule has 0 amide bonds. The number of benzene rings is 3. The van der Waals surface area contributed by atoms with Crippen LogP contribution in [-0.2, 0) is 5.92 Å². The van der Waals surface area contributed by atoms with Gasteiger partial charge in [-0.05, 0) is 29.9 Å². The number of halogens is 13. The molecule has 38 heavy (non-hydrogen) atoms. The maximum absolute atomic E-state index is 14.8. The Bertz CT molecular complexity index is 1200. The number of hydrogen-bond donors (Lipinski definition) is 0. The summed E-state index contributed by atoms with van der Waals surface area (Å²) in [5.41, 5.74) is -2.00. The normalized spacial score (nSPS) is 14.2. The van der Waals surface area contributed by atoms with Crippen LogP contribution < -0.4 is 15.9 Å². The van der Waals surface area contributed by atoms with Gasteiger partial charge < -0.3 is 0 Å². The van der Waals surface area contributed by atoms with Crippen molar-refractivity contribution in [3.05, 3.63) is 90.5 Å². The van der Waals surface area contributed by atoms with E-state index in [0.717, 1.165) is 12.1 Å². The third-order valence-corrected chi connectivity index (χ3v) is 7.85. The third-order valence-electron chi connectivity index (χ3n) is 5.43. The van der Waals surface area contributed by atoms with Gasteiger partial charge in [0.15, 0.2) is 0 Å². The van der Waals surface area contributed by atoms with Gasteiger partial charge in [0.05, 0.1) is 0 Å². The minimum Gasteiger partial charge on any atom is -0.194 e.